The molecule has 2 N–H and O–H groups in total. The lowest BCUT2D eigenvalue weighted by Gasteiger charge is -2.28. The minimum atomic E-state index is -0.276. The zero-order chi connectivity index (χ0) is 20.2. The van der Waals surface area contributed by atoms with Crippen LogP contribution in [0.15, 0.2) is 17.4 Å². The SMILES string of the molecule is C=CCn1c2c(n(C(=N)C3(C4CC4)CC3)c(=N)c1=O)CCCC2.CC.CC. The monoisotopic (exact) mass is 372 g/mol. The van der Waals surface area contributed by atoms with Crippen molar-refractivity contribution in [1.29, 1.82) is 10.8 Å². The fourth-order valence-electron chi connectivity index (χ4n) is 4.29. The molecule has 1 aromatic heterocycles. The molecule has 3 aliphatic carbocycles. The Morgan fingerprint density at radius 3 is 2.19 bits per heavy atom. The number of nitrogens with one attached hydrogen (secondary N) is 2. The highest BCUT2D eigenvalue weighted by atomic mass is 16.1. The zero-order valence-electron chi connectivity index (χ0n) is 17.5. The molecule has 4 rings (SSSR count). The Kier molecular flexibility index (Phi) is 7.01. The molecule has 0 saturated heterocycles. The molecular formula is C22H36N4O. The van der Waals surface area contributed by atoms with Crippen LogP contribution >= 0.6 is 0 Å². The predicted octanol–water partition coefficient (Wildman–Crippen LogP) is 4.26. The van der Waals surface area contributed by atoms with Crippen molar-refractivity contribution in [1.82, 2.24) is 9.13 Å². The van der Waals surface area contributed by atoms with Crippen molar-refractivity contribution in [3.8, 4) is 0 Å². The molecule has 0 amide bonds. The van der Waals surface area contributed by atoms with Crippen LogP contribution in [0.3, 0.4) is 0 Å². The summed E-state index contributed by atoms with van der Waals surface area (Å²) in [7, 11) is 0. The van der Waals surface area contributed by atoms with E-state index in [0.29, 0.717) is 18.3 Å². The number of hydrogen-bond acceptors (Lipinski definition) is 3. The van der Waals surface area contributed by atoms with Gasteiger partial charge in [-0.05, 0) is 57.3 Å². The largest absolute Gasteiger partial charge is 0.304 e. The number of hydrogen-bond donors (Lipinski definition) is 2. The summed E-state index contributed by atoms with van der Waals surface area (Å²) in [6, 6.07) is 0. The minimum absolute atomic E-state index is 0.0376. The van der Waals surface area contributed by atoms with Gasteiger partial charge in [-0.1, -0.05) is 33.8 Å². The van der Waals surface area contributed by atoms with Crippen molar-refractivity contribution in [3.05, 3.63) is 39.9 Å². The van der Waals surface area contributed by atoms with E-state index in [-0.39, 0.29) is 16.5 Å². The van der Waals surface area contributed by atoms with E-state index in [2.05, 4.69) is 6.58 Å². The van der Waals surface area contributed by atoms with Crippen LogP contribution in [0.5, 0.6) is 0 Å². The Morgan fingerprint density at radius 2 is 1.70 bits per heavy atom. The van der Waals surface area contributed by atoms with E-state index in [1.165, 1.54) is 12.8 Å². The standard InChI is InChI=1S/C18H24N4O.2C2H6/c1-2-11-21-13-5-3-4-6-14(13)22(15(19)16(21)23)17(20)18(9-10-18)12-7-8-12;2*1-2/h2,12,19-20H,1,3-11H2;2*1-2H3. The summed E-state index contributed by atoms with van der Waals surface area (Å²) in [6.45, 7) is 12.2. The number of rotatable bonds is 4. The van der Waals surface area contributed by atoms with E-state index in [0.717, 1.165) is 49.9 Å². The van der Waals surface area contributed by atoms with Crippen LogP contribution < -0.4 is 11.0 Å². The lowest BCUT2D eigenvalue weighted by atomic mass is 9.95. The molecule has 1 aromatic rings. The van der Waals surface area contributed by atoms with Crippen molar-refractivity contribution in [2.45, 2.75) is 85.6 Å². The third-order valence-electron chi connectivity index (χ3n) is 5.83. The van der Waals surface area contributed by atoms with Crippen LogP contribution in [0, 0.1) is 22.2 Å². The molecule has 2 saturated carbocycles. The van der Waals surface area contributed by atoms with Gasteiger partial charge in [0.1, 0.15) is 5.84 Å². The first kappa shape index (κ1) is 21.4. The summed E-state index contributed by atoms with van der Waals surface area (Å²) >= 11 is 0. The summed E-state index contributed by atoms with van der Waals surface area (Å²) in [4.78, 5) is 12.7. The normalized spacial score (nSPS) is 18.8. The molecule has 0 spiro atoms. The second-order valence-corrected chi connectivity index (χ2v) is 7.27. The van der Waals surface area contributed by atoms with E-state index in [4.69, 9.17) is 10.8 Å². The highest BCUT2D eigenvalue weighted by molar-refractivity contribution is 5.91. The van der Waals surface area contributed by atoms with E-state index in [1.54, 1.807) is 15.2 Å². The van der Waals surface area contributed by atoms with Crippen LogP contribution in [0.25, 0.3) is 0 Å². The van der Waals surface area contributed by atoms with Crippen LogP contribution in [0.4, 0.5) is 0 Å². The molecule has 0 bridgehead atoms. The first-order valence-corrected chi connectivity index (χ1v) is 10.7. The number of aromatic nitrogens is 2. The highest BCUT2D eigenvalue weighted by Gasteiger charge is 2.57. The molecule has 3 aliphatic rings. The Hall–Kier alpha value is -1.91. The predicted molar refractivity (Wildman–Crippen MR) is 112 cm³/mol. The Morgan fingerprint density at radius 1 is 1.15 bits per heavy atom. The van der Waals surface area contributed by atoms with Gasteiger partial charge in [0.2, 0.25) is 0 Å². The second kappa shape index (κ2) is 8.85. The molecule has 0 radical (unpaired) electrons. The quantitative estimate of drug-likeness (QED) is 0.462. The maximum atomic E-state index is 12.7. The van der Waals surface area contributed by atoms with Crippen molar-refractivity contribution < 1.29 is 0 Å². The van der Waals surface area contributed by atoms with Gasteiger partial charge in [0.25, 0.3) is 5.56 Å². The average molecular weight is 373 g/mol. The fraction of sp³-hybridized carbons (Fsp3) is 0.682. The first-order chi connectivity index (χ1) is 13.1. The molecular weight excluding hydrogens is 336 g/mol. The summed E-state index contributed by atoms with van der Waals surface area (Å²) in [5.41, 5.74) is 1.70. The maximum absolute atomic E-state index is 12.7. The van der Waals surface area contributed by atoms with Gasteiger partial charge in [-0.15, -0.1) is 6.58 Å². The van der Waals surface area contributed by atoms with Gasteiger partial charge in [-0.3, -0.25) is 20.2 Å². The van der Waals surface area contributed by atoms with Gasteiger partial charge in [0.15, 0.2) is 5.49 Å². The van der Waals surface area contributed by atoms with Gasteiger partial charge >= 0.3 is 0 Å². The van der Waals surface area contributed by atoms with Crippen molar-refractivity contribution in [2.24, 2.45) is 11.3 Å². The third kappa shape index (κ3) is 3.74. The number of fused-ring (bicyclic) bond motifs is 1. The molecule has 5 heteroatoms. The van der Waals surface area contributed by atoms with Crippen LogP contribution in [-0.4, -0.2) is 15.0 Å². The third-order valence-corrected chi connectivity index (χ3v) is 5.83. The lowest BCUT2D eigenvalue weighted by molar-refractivity contribution is 0.531. The second-order valence-electron chi connectivity index (χ2n) is 7.27. The molecule has 1 heterocycles. The van der Waals surface area contributed by atoms with E-state index >= 15 is 0 Å². The minimum Gasteiger partial charge on any atom is -0.304 e. The van der Waals surface area contributed by atoms with Gasteiger partial charge in [-0.2, -0.15) is 0 Å². The Balaban J connectivity index is 0.000000614. The van der Waals surface area contributed by atoms with Crippen LogP contribution in [0.2, 0.25) is 0 Å². The summed E-state index contributed by atoms with van der Waals surface area (Å²) in [5.74, 6) is 1.13. The topological polar surface area (TPSA) is 74.6 Å². The van der Waals surface area contributed by atoms with E-state index in [9.17, 15) is 4.79 Å². The number of allylic oxidation sites excluding steroid dienone is 1. The fourth-order valence-corrected chi connectivity index (χ4v) is 4.29. The molecule has 0 aliphatic heterocycles. The van der Waals surface area contributed by atoms with Gasteiger partial charge < -0.3 is 4.57 Å². The molecule has 150 valence electrons. The lowest BCUT2D eigenvalue weighted by Crippen LogP contribution is -2.49. The summed E-state index contributed by atoms with van der Waals surface area (Å²) in [6.07, 6.45) is 10.1. The van der Waals surface area contributed by atoms with E-state index in [1.807, 2.05) is 27.7 Å². The molecule has 0 aromatic carbocycles. The van der Waals surface area contributed by atoms with Gasteiger partial charge in [0.05, 0.1) is 0 Å². The average Bonchev–Trinajstić information content (AvgIpc) is 3.60. The van der Waals surface area contributed by atoms with Crippen molar-refractivity contribution in [2.75, 3.05) is 0 Å². The number of nitrogens with zero attached hydrogens (tertiary/aromatic N) is 2. The van der Waals surface area contributed by atoms with Crippen molar-refractivity contribution >= 4 is 5.84 Å². The van der Waals surface area contributed by atoms with Gasteiger partial charge in [-0.25, -0.2) is 0 Å². The summed E-state index contributed by atoms with van der Waals surface area (Å²) in [5, 5.41) is 17.2. The van der Waals surface area contributed by atoms with E-state index < -0.39 is 0 Å². The zero-order valence-corrected chi connectivity index (χ0v) is 17.5. The molecule has 2 fully saturated rings. The molecule has 0 unspecified atom stereocenters. The van der Waals surface area contributed by atoms with Crippen LogP contribution in [-0.2, 0) is 19.4 Å². The van der Waals surface area contributed by atoms with Crippen molar-refractivity contribution in [3.63, 3.8) is 0 Å². The Labute approximate surface area is 163 Å². The summed E-state index contributed by atoms with van der Waals surface area (Å²) < 4.78 is 3.41. The Bertz CT molecular complexity index is 807. The first-order valence-electron chi connectivity index (χ1n) is 10.7. The highest BCUT2D eigenvalue weighted by Crippen LogP contribution is 2.62. The van der Waals surface area contributed by atoms with Crippen LogP contribution in [0.1, 0.15) is 77.6 Å². The maximum Gasteiger partial charge on any atom is 0.294 e. The smallest absolute Gasteiger partial charge is 0.294 e. The molecule has 0 atom stereocenters. The molecule has 5 nitrogen and oxygen atoms in total. The van der Waals surface area contributed by atoms with Gasteiger partial charge in [0, 0.05) is 23.3 Å². The molecule has 27 heavy (non-hydrogen) atoms.